The highest BCUT2D eigenvalue weighted by atomic mass is 32.2. The lowest BCUT2D eigenvalue weighted by Crippen LogP contribution is -2.27. The summed E-state index contributed by atoms with van der Waals surface area (Å²) in [5.41, 5.74) is 6.77. The van der Waals surface area contributed by atoms with Crippen molar-refractivity contribution in [2.75, 3.05) is 27.2 Å². The monoisotopic (exact) mass is 525 g/mol. The number of benzene rings is 2. The van der Waals surface area contributed by atoms with E-state index in [-0.39, 0.29) is 23.2 Å². The first-order valence-corrected chi connectivity index (χ1v) is 14.3. The van der Waals surface area contributed by atoms with Crippen LogP contribution in [-0.2, 0) is 29.5 Å². The fourth-order valence-corrected chi connectivity index (χ4v) is 6.15. The molecule has 0 spiro atoms. The molecule has 3 aromatic rings. The topological polar surface area (TPSA) is 82.5 Å². The molecule has 0 fully saturated rings. The Morgan fingerprint density at radius 3 is 2.49 bits per heavy atom. The summed E-state index contributed by atoms with van der Waals surface area (Å²) in [6.07, 6.45) is 3.08. The normalized spacial score (nSPS) is 13.5. The van der Waals surface area contributed by atoms with Gasteiger partial charge >= 0.3 is 0 Å². The van der Waals surface area contributed by atoms with E-state index in [9.17, 15) is 17.9 Å². The summed E-state index contributed by atoms with van der Waals surface area (Å²) >= 11 is 0. The van der Waals surface area contributed by atoms with Gasteiger partial charge < -0.3 is 10.0 Å². The second kappa shape index (κ2) is 11.4. The number of aliphatic hydroxyl groups is 1. The number of sulfonamides is 1. The van der Waals surface area contributed by atoms with Gasteiger partial charge in [-0.2, -0.15) is 0 Å². The summed E-state index contributed by atoms with van der Waals surface area (Å²) in [6.45, 7) is 5.02. The third-order valence-corrected chi connectivity index (χ3v) is 8.32. The zero-order chi connectivity index (χ0) is 26.7. The third kappa shape index (κ3) is 5.93. The number of pyridine rings is 1. The molecule has 0 amide bonds. The molecule has 0 atom stereocenters. The largest absolute Gasteiger partial charge is 0.392 e. The highest BCUT2D eigenvalue weighted by Gasteiger charge is 2.27. The molecule has 0 aliphatic heterocycles. The third-order valence-electron chi connectivity index (χ3n) is 6.86. The maximum absolute atomic E-state index is 13.8. The van der Waals surface area contributed by atoms with Crippen molar-refractivity contribution >= 4 is 10.0 Å². The molecule has 2 aromatic carbocycles. The van der Waals surface area contributed by atoms with Crippen LogP contribution < -0.4 is 4.72 Å². The van der Waals surface area contributed by atoms with Gasteiger partial charge in [0.2, 0.25) is 10.0 Å². The Labute approximate surface area is 219 Å². The van der Waals surface area contributed by atoms with Gasteiger partial charge in [0.1, 0.15) is 5.82 Å². The van der Waals surface area contributed by atoms with Gasteiger partial charge in [-0.05, 0) is 98.8 Å². The molecular weight excluding hydrogens is 489 g/mol. The predicted molar refractivity (Wildman–Crippen MR) is 145 cm³/mol. The first kappa shape index (κ1) is 27.4. The van der Waals surface area contributed by atoms with Crippen molar-refractivity contribution in [3.05, 3.63) is 70.7 Å². The summed E-state index contributed by atoms with van der Waals surface area (Å²) in [5.74, 6) is -0.291. The van der Waals surface area contributed by atoms with E-state index < -0.39 is 10.0 Å². The van der Waals surface area contributed by atoms with E-state index in [4.69, 9.17) is 4.98 Å². The number of halogens is 1. The molecule has 2 N–H and O–H groups in total. The summed E-state index contributed by atoms with van der Waals surface area (Å²) in [6, 6.07) is 11.6. The van der Waals surface area contributed by atoms with E-state index in [0.29, 0.717) is 13.0 Å². The van der Waals surface area contributed by atoms with Gasteiger partial charge in [0.15, 0.2) is 0 Å². The molecule has 6 nitrogen and oxygen atoms in total. The molecule has 198 valence electrons. The highest BCUT2D eigenvalue weighted by Crippen LogP contribution is 2.42. The second-order valence-electron chi connectivity index (χ2n) is 10.2. The number of nitrogens with one attached hydrogen (secondary N) is 1. The minimum atomic E-state index is -3.69. The number of hydrogen-bond acceptors (Lipinski definition) is 5. The van der Waals surface area contributed by atoms with Gasteiger partial charge in [-0.1, -0.05) is 32.0 Å². The van der Waals surface area contributed by atoms with Crippen LogP contribution in [0.2, 0.25) is 0 Å². The molecule has 0 unspecified atom stereocenters. The van der Waals surface area contributed by atoms with Crippen LogP contribution in [0.25, 0.3) is 22.4 Å². The van der Waals surface area contributed by atoms with Crippen LogP contribution in [0.1, 0.15) is 55.0 Å². The van der Waals surface area contributed by atoms with Gasteiger partial charge in [-0.25, -0.2) is 17.5 Å². The number of rotatable bonds is 9. The number of aryl methyl sites for hydroxylation is 1. The van der Waals surface area contributed by atoms with E-state index in [1.54, 1.807) is 24.3 Å². The van der Waals surface area contributed by atoms with Crippen LogP contribution in [0.3, 0.4) is 0 Å². The van der Waals surface area contributed by atoms with E-state index in [1.807, 2.05) is 38.9 Å². The molecule has 0 saturated heterocycles. The number of aliphatic hydroxyl groups excluding tert-OH is 1. The Morgan fingerprint density at radius 2 is 1.84 bits per heavy atom. The van der Waals surface area contributed by atoms with Gasteiger partial charge in [0, 0.05) is 23.4 Å². The summed E-state index contributed by atoms with van der Waals surface area (Å²) in [4.78, 5) is 7.28. The molecule has 1 aliphatic carbocycles. The lowest BCUT2D eigenvalue weighted by molar-refractivity contribution is 0.280. The smallest absolute Gasteiger partial charge is 0.240 e. The summed E-state index contributed by atoms with van der Waals surface area (Å²) in [5, 5.41) is 10.4. The van der Waals surface area contributed by atoms with Crippen molar-refractivity contribution in [1.82, 2.24) is 14.6 Å². The molecule has 1 heterocycles. The lowest BCUT2D eigenvalue weighted by atomic mass is 9.87. The van der Waals surface area contributed by atoms with Crippen LogP contribution in [0.15, 0.2) is 47.4 Å². The first-order valence-electron chi connectivity index (χ1n) is 12.8. The zero-order valence-corrected chi connectivity index (χ0v) is 22.8. The van der Waals surface area contributed by atoms with E-state index in [0.717, 1.165) is 70.6 Å². The van der Waals surface area contributed by atoms with Gasteiger partial charge in [0.05, 0.1) is 17.2 Å². The first-order chi connectivity index (χ1) is 17.6. The molecule has 0 radical (unpaired) electrons. The maximum Gasteiger partial charge on any atom is 0.240 e. The Bertz CT molecular complexity index is 1370. The van der Waals surface area contributed by atoms with Crippen LogP contribution in [0, 0.1) is 5.82 Å². The van der Waals surface area contributed by atoms with Gasteiger partial charge in [-0.15, -0.1) is 0 Å². The molecular formula is C29H36FN3O3S. The quantitative estimate of drug-likeness (QED) is 0.389. The van der Waals surface area contributed by atoms with Gasteiger partial charge in [-0.3, -0.25) is 4.98 Å². The lowest BCUT2D eigenvalue weighted by Gasteiger charge is -2.22. The summed E-state index contributed by atoms with van der Waals surface area (Å²) in [7, 11) is 0.225. The minimum absolute atomic E-state index is 0.0311. The van der Waals surface area contributed by atoms with Crippen molar-refractivity contribution in [2.24, 2.45) is 0 Å². The zero-order valence-electron chi connectivity index (χ0n) is 22.0. The molecule has 0 saturated carbocycles. The molecule has 4 rings (SSSR count). The van der Waals surface area contributed by atoms with Crippen LogP contribution >= 0.6 is 0 Å². The minimum Gasteiger partial charge on any atom is -0.392 e. The highest BCUT2D eigenvalue weighted by molar-refractivity contribution is 7.89. The number of hydrogen-bond donors (Lipinski definition) is 2. The molecule has 37 heavy (non-hydrogen) atoms. The number of nitrogens with zero attached hydrogens (tertiary/aromatic N) is 2. The fraction of sp³-hybridized carbons (Fsp3) is 0.414. The predicted octanol–water partition coefficient (Wildman–Crippen LogP) is 4.89. The number of aromatic nitrogens is 1. The molecule has 1 aromatic heterocycles. The van der Waals surface area contributed by atoms with Crippen molar-refractivity contribution < 1.29 is 17.9 Å². The Hall–Kier alpha value is -2.65. The molecule has 1 aliphatic rings. The molecule has 0 bridgehead atoms. The standard InChI is InChI=1S/C29H36FN3O3S/c1-19(2)28-26(18-34)27(21-9-12-22(30)13-10-21)24-8-5-7-20-11-14-23(17-25(20)29(24)32-28)37(35,36)31-15-6-16-33(3)4/h9-14,17,19,31,34H,5-8,15-16,18H2,1-4H3. The van der Waals surface area contributed by atoms with E-state index in [1.165, 1.54) is 12.1 Å². The average molecular weight is 526 g/mol. The van der Waals surface area contributed by atoms with Crippen LogP contribution in [0.5, 0.6) is 0 Å². The maximum atomic E-state index is 13.8. The SMILES string of the molecule is CC(C)c1nc2c(c(-c3ccc(F)cc3)c1CO)CCCc1ccc(S(=O)(=O)NCCCN(C)C)cc1-2. The van der Waals surface area contributed by atoms with Crippen LogP contribution in [0.4, 0.5) is 4.39 Å². The van der Waals surface area contributed by atoms with Gasteiger partial charge in [0.25, 0.3) is 0 Å². The van der Waals surface area contributed by atoms with E-state index >= 15 is 0 Å². The Balaban J connectivity index is 1.88. The summed E-state index contributed by atoms with van der Waals surface area (Å²) < 4.78 is 42.8. The molecule has 8 heteroatoms. The van der Waals surface area contributed by atoms with Crippen LogP contribution in [-0.4, -0.2) is 50.6 Å². The van der Waals surface area contributed by atoms with Crippen molar-refractivity contribution in [3.8, 4) is 22.4 Å². The number of fused-ring (bicyclic) bond motifs is 3. The Kier molecular flexibility index (Phi) is 8.43. The van der Waals surface area contributed by atoms with Crippen molar-refractivity contribution in [3.63, 3.8) is 0 Å². The van der Waals surface area contributed by atoms with Crippen molar-refractivity contribution in [2.45, 2.75) is 57.0 Å². The van der Waals surface area contributed by atoms with E-state index in [2.05, 4.69) is 4.72 Å². The van der Waals surface area contributed by atoms with Crippen molar-refractivity contribution in [1.29, 1.82) is 0 Å². The fourth-order valence-electron chi connectivity index (χ4n) is 5.05. The second-order valence-corrected chi connectivity index (χ2v) is 12.0. The Morgan fingerprint density at radius 1 is 1.11 bits per heavy atom. The average Bonchev–Trinajstić information content (AvgIpc) is 3.04.